The van der Waals surface area contributed by atoms with Crippen molar-refractivity contribution in [3.8, 4) is 28.4 Å². The normalized spacial score (nSPS) is 11.2. The van der Waals surface area contributed by atoms with Crippen LogP contribution in [0.4, 0.5) is 0 Å². The number of aryl methyl sites for hydroxylation is 1. The Hall–Kier alpha value is -3.63. The quantitative estimate of drug-likeness (QED) is 0.259. The van der Waals surface area contributed by atoms with Crippen LogP contribution in [0.2, 0.25) is 0 Å². The first kappa shape index (κ1) is 30.9. The Balaban J connectivity index is 0.00000294. The van der Waals surface area contributed by atoms with E-state index >= 15 is 0 Å². The molecule has 0 unspecified atom stereocenters. The number of carboxylic acids is 1. The van der Waals surface area contributed by atoms with Gasteiger partial charge in [-0.3, -0.25) is 4.79 Å². The predicted octanol–water partition coefficient (Wildman–Crippen LogP) is 4.09. The van der Waals surface area contributed by atoms with E-state index in [4.69, 9.17) is 9.47 Å². The average Bonchev–Trinajstić information content (AvgIpc) is 2.95. The second-order valence-corrected chi connectivity index (χ2v) is 10.0. The molecule has 0 aliphatic carbocycles. The van der Waals surface area contributed by atoms with Crippen LogP contribution < -0.4 is 33.7 Å². The van der Waals surface area contributed by atoms with Crippen LogP contribution in [0.3, 0.4) is 0 Å². The van der Waals surface area contributed by atoms with Crippen LogP contribution in [0.15, 0.2) is 97.1 Å². The standard InChI is InChI=1S/C32H31NO5S.Li.H/c1-22-8-6-7-11-27(22)29-20-23(12-17-28(29)31(34)33-30(32(35)36)18-19-39-2)21-37-24-13-15-26(16-14-24)38-25-9-4-3-5-10-25;;/h3-17,20,30H,18-19,21H2,1-2H3,(H,33,34)(H,35,36);;/q;+1;-1/t30-;;/m0../s1. The Morgan fingerprint density at radius 2 is 1.52 bits per heavy atom. The van der Waals surface area contributed by atoms with Crippen molar-refractivity contribution in [3.63, 3.8) is 0 Å². The molecule has 0 aromatic heterocycles. The minimum atomic E-state index is -1.04. The van der Waals surface area contributed by atoms with Crippen molar-refractivity contribution in [1.29, 1.82) is 0 Å². The first-order valence-electron chi connectivity index (χ1n) is 12.6. The minimum absolute atomic E-state index is 0. The van der Waals surface area contributed by atoms with Crippen LogP contribution in [0, 0.1) is 6.92 Å². The summed E-state index contributed by atoms with van der Waals surface area (Å²) < 4.78 is 11.9. The molecule has 0 saturated carbocycles. The van der Waals surface area contributed by atoms with Crippen LogP contribution in [-0.4, -0.2) is 35.0 Å². The molecule has 8 heteroatoms. The molecule has 0 bridgehead atoms. The predicted molar refractivity (Wildman–Crippen MR) is 157 cm³/mol. The molecule has 0 fully saturated rings. The number of para-hydroxylation sites is 1. The molecule has 4 aromatic carbocycles. The van der Waals surface area contributed by atoms with Gasteiger partial charge in [0.05, 0.1) is 0 Å². The molecule has 1 amide bonds. The van der Waals surface area contributed by atoms with Gasteiger partial charge in [0.15, 0.2) is 0 Å². The van der Waals surface area contributed by atoms with Gasteiger partial charge in [0, 0.05) is 5.56 Å². The van der Waals surface area contributed by atoms with Crippen LogP contribution in [-0.2, 0) is 11.4 Å². The summed E-state index contributed by atoms with van der Waals surface area (Å²) in [6, 6.07) is 29.3. The van der Waals surface area contributed by atoms with Crippen LogP contribution in [0.5, 0.6) is 17.2 Å². The molecule has 2 N–H and O–H groups in total. The number of carbonyl (C=O) groups excluding carboxylic acids is 1. The first-order valence-corrected chi connectivity index (χ1v) is 14.0. The van der Waals surface area contributed by atoms with Crippen molar-refractivity contribution in [2.24, 2.45) is 0 Å². The summed E-state index contributed by atoms with van der Waals surface area (Å²) >= 11 is 1.54. The molecule has 0 aliphatic rings. The zero-order valence-electron chi connectivity index (χ0n) is 23.9. The van der Waals surface area contributed by atoms with Crippen molar-refractivity contribution in [1.82, 2.24) is 5.32 Å². The monoisotopic (exact) mass is 549 g/mol. The number of carboxylic acid groups (broad SMARTS) is 1. The second-order valence-electron chi connectivity index (χ2n) is 9.02. The number of thioether (sulfide) groups is 1. The Labute approximate surface area is 252 Å². The Kier molecular flexibility index (Phi) is 11.8. The van der Waals surface area contributed by atoms with Gasteiger partial charge in [0.2, 0.25) is 0 Å². The minimum Gasteiger partial charge on any atom is -1.00 e. The number of aliphatic carboxylic acids is 1. The summed E-state index contributed by atoms with van der Waals surface area (Å²) in [6.45, 7) is 2.28. The fraction of sp³-hybridized carbons (Fsp3) is 0.188. The van der Waals surface area contributed by atoms with Gasteiger partial charge in [-0.1, -0.05) is 48.5 Å². The van der Waals surface area contributed by atoms with Gasteiger partial charge in [-0.2, -0.15) is 11.8 Å². The molecular formula is C32H32LiNO5S. The van der Waals surface area contributed by atoms with E-state index in [-0.39, 0.29) is 20.3 Å². The van der Waals surface area contributed by atoms with Crippen molar-refractivity contribution in [2.75, 3.05) is 12.0 Å². The van der Waals surface area contributed by atoms with E-state index in [1.54, 1.807) is 17.8 Å². The Morgan fingerprint density at radius 3 is 2.20 bits per heavy atom. The number of nitrogens with one attached hydrogen (secondary N) is 1. The van der Waals surface area contributed by atoms with Gasteiger partial charge < -0.3 is 21.3 Å². The third-order valence-electron chi connectivity index (χ3n) is 6.19. The maximum absolute atomic E-state index is 13.3. The Bertz CT molecular complexity index is 1420. The fourth-order valence-electron chi connectivity index (χ4n) is 4.10. The van der Waals surface area contributed by atoms with E-state index in [1.807, 2.05) is 104 Å². The third-order valence-corrected chi connectivity index (χ3v) is 6.83. The maximum atomic E-state index is 13.3. The molecule has 0 spiro atoms. The molecule has 1 atom stereocenters. The number of benzene rings is 4. The molecule has 0 radical (unpaired) electrons. The summed E-state index contributed by atoms with van der Waals surface area (Å²) in [5.74, 6) is 1.34. The number of rotatable bonds is 12. The van der Waals surface area contributed by atoms with E-state index in [0.29, 0.717) is 35.8 Å². The van der Waals surface area contributed by atoms with Gasteiger partial charge in [-0.25, -0.2) is 4.79 Å². The fourth-order valence-corrected chi connectivity index (χ4v) is 4.57. The Morgan fingerprint density at radius 1 is 0.875 bits per heavy atom. The first-order chi connectivity index (χ1) is 18.9. The van der Waals surface area contributed by atoms with Crippen LogP contribution in [0.1, 0.15) is 29.3 Å². The molecule has 0 aliphatic heterocycles. The maximum Gasteiger partial charge on any atom is 1.00 e. The van der Waals surface area contributed by atoms with E-state index in [0.717, 1.165) is 28.0 Å². The van der Waals surface area contributed by atoms with Gasteiger partial charge in [0.25, 0.3) is 5.91 Å². The summed E-state index contributed by atoms with van der Waals surface area (Å²) in [4.78, 5) is 25.0. The molecule has 202 valence electrons. The summed E-state index contributed by atoms with van der Waals surface area (Å²) in [6.07, 6.45) is 2.26. The molecule has 4 rings (SSSR count). The van der Waals surface area contributed by atoms with Gasteiger partial charge >= 0.3 is 24.8 Å². The van der Waals surface area contributed by atoms with E-state index in [9.17, 15) is 14.7 Å². The number of carbonyl (C=O) groups is 2. The van der Waals surface area contributed by atoms with E-state index in [1.165, 1.54) is 0 Å². The zero-order chi connectivity index (χ0) is 27.6. The van der Waals surface area contributed by atoms with Gasteiger partial charge in [0.1, 0.15) is 29.9 Å². The number of hydrogen-bond donors (Lipinski definition) is 2. The number of ether oxygens (including phenoxy) is 2. The summed E-state index contributed by atoms with van der Waals surface area (Å²) in [5, 5.41) is 12.3. The molecule has 4 aromatic rings. The molecular weight excluding hydrogens is 517 g/mol. The van der Waals surface area contributed by atoms with Crippen molar-refractivity contribution < 1.29 is 44.5 Å². The second kappa shape index (κ2) is 15.2. The van der Waals surface area contributed by atoms with Crippen LogP contribution in [0.25, 0.3) is 11.1 Å². The topological polar surface area (TPSA) is 84.9 Å². The zero-order valence-corrected chi connectivity index (χ0v) is 23.7. The molecule has 0 saturated heterocycles. The summed E-state index contributed by atoms with van der Waals surface area (Å²) in [7, 11) is 0. The van der Waals surface area contributed by atoms with E-state index in [2.05, 4.69) is 5.32 Å². The van der Waals surface area contributed by atoms with Gasteiger partial charge in [-0.05, 0) is 96.1 Å². The van der Waals surface area contributed by atoms with Gasteiger partial charge in [-0.15, -0.1) is 0 Å². The van der Waals surface area contributed by atoms with Crippen LogP contribution >= 0.6 is 11.8 Å². The molecule has 0 heterocycles. The number of amides is 1. The largest absolute Gasteiger partial charge is 1.00 e. The smallest absolute Gasteiger partial charge is 1.00 e. The average molecular weight is 550 g/mol. The molecule has 6 nitrogen and oxygen atoms in total. The number of hydrogen-bond acceptors (Lipinski definition) is 5. The SMILES string of the molecule is CSCC[C@H](NC(=O)c1ccc(COc2ccc(Oc3ccccc3)cc2)cc1-c1ccccc1C)C(=O)O.[H-].[Li+]. The summed E-state index contributed by atoms with van der Waals surface area (Å²) in [5.41, 5.74) is 3.95. The van der Waals surface area contributed by atoms with E-state index < -0.39 is 17.9 Å². The van der Waals surface area contributed by atoms with Crippen molar-refractivity contribution in [3.05, 3.63) is 114 Å². The third kappa shape index (κ3) is 8.43. The van der Waals surface area contributed by atoms with Crippen molar-refractivity contribution >= 4 is 23.6 Å². The molecule has 40 heavy (non-hydrogen) atoms. The van der Waals surface area contributed by atoms with Crippen molar-refractivity contribution in [2.45, 2.75) is 26.0 Å².